The van der Waals surface area contributed by atoms with Crippen LogP contribution in [0.15, 0.2) is 57.7 Å². The molecule has 1 amide bonds. The van der Waals surface area contributed by atoms with Gasteiger partial charge in [0, 0.05) is 30.8 Å². The number of carbonyl (C=O) groups is 1. The Balaban J connectivity index is 1.31. The van der Waals surface area contributed by atoms with Gasteiger partial charge in [-0.25, -0.2) is 0 Å². The first-order valence-corrected chi connectivity index (χ1v) is 12.8. The zero-order chi connectivity index (χ0) is 25.9. The van der Waals surface area contributed by atoms with Crippen LogP contribution in [-0.2, 0) is 0 Å². The second kappa shape index (κ2) is 10.8. The van der Waals surface area contributed by atoms with E-state index in [-0.39, 0.29) is 5.91 Å². The van der Waals surface area contributed by atoms with Crippen molar-refractivity contribution in [3.8, 4) is 28.5 Å². The molecule has 1 aliphatic rings. The lowest BCUT2D eigenvalue weighted by molar-refractivity contribution is 0.102. The average Bonchev–Trinajstić information content (AvgIpc) is 3.65. The molecule has 0 atom stereocenters. The van der Waals surface area contributed by atoms with E-state index in [4.69, 9.17) is 9.26 Å². The number of hydrogen-bond acceptors (Lipinski definition) is 8. The molecule has 10 heteroatoms. The van der Waals surface area contributed by atoms with Crippen molar-refractivity contribution >= 4 is 27.7 Å². The maximum atomic E-state index is 12.9. The minimum Gasteiger partial charge on any atom is -0.475 e. The minimum absolute atomic E-state index is 0.293. The van der Waals surface area contributed by atoms with Gasteiger partial charge < -0.3 is 19.5 Å². The number of nitrogens with zero attached hydrogens (tertiary/aromatic N) is 5. The lowest BCUT2D eigenvalue weighted by Gasteiger charge is -2.13. The summed E-state index contributed by atoms with van der Waals surface area (Å²) in [5.41, 5.74) is 4.44. The highest BCUT2D eigenvalue weighted by molar-refractivity contribution is 9.10. The topological polar surface area (TPSA) is 106 Å². The first-order valence-electron chi connectivity index (χ1n) is 12.0. The van der Waals surface area contributed by atoms with Crippen molar-refractivity contribution in [3.63, 3.8) is 0 Å². The number of rotatable bonds is 9. The molecular formula is C27H27BrN6O3. The molecule has 0 unspecified atom stereocenters. The van der Waals surface area contributed by atoms with Gasteiger partial charge in [-0.1, -0.05) is 17.3 Å². The molecule has 0 radical (unpaired) electrons. The molecule has 1 fully saturated rings. The molecule has 3 aromatic heterocycles. The number of benzene rings is 1. The van der Waals surface area contributed by atoms with Gasteiger partial charge in [0.05, 0.1) is 15.7 Å². The molecule has 1 aromatic carbocycles. The van der Waals surface area contributed by atoms with Crippen molar-refractivity contribution in [1.29, 1.82) is 0 Å². The standard InChI is InChI=1S/C27H27BrN6O3/c1-16-30-25(33-37-16)18-6-8-20(21(14-18)17-4-5-17)23-10-7-19(15-29-23)26(35)31-24-11-9-22(28)27(32-24)36-13-12-34(2)3/h6-11,14-15,17H,4-5,12-13H2,1-3H3,(H,31,32,35). The Labute approximate surface area is 223 Å². The number of hydrogen-bond donors (Lipinski definition) is 1. The highest BCUT2D eigenvalue weighted by Crippen LogP contribution is 2.45. The number of likely N-dealkylation sites (N-methyl/N-ethyl adjacent to an activating group) is 1. The molecule has 0 saturated heterocycles. The van der Waals surface area contributed by atoms with Crippen molar-refractivity contribution in [2.24, 2.45) is 0 Å². The molecule has 0 spiro atoms. The summed E-state index contributed by atoms with van der Waals surface area (Å²) in [5.74, 6) is 2.15. The van der Waals surface area contributed by atoms with Crippen LogP contribution < -0.4 is 10.1 Å². The number of anilines is 1. The molecule has 0 bridgehead atoms. The Morgan fingerprint density at radius 3 is 2.68 bits per heavy atom. The largest absolute Gasteiger partial charge is 0.475 e. The van der Waals surface area contributed by atoms with Gasteiger partial charge in [-0.05, 0) is 84.7 Å². The lowest BCUT2D eigenvalue weighted by Crippen LogP contribution is -2.20. The van der Waals surface area contributed by atoms with E-state index < -0.39 is 0 Å². The Kier molecular flexibility index (Phi) is 7.29. The fourth-order valence-corrected chi connectivity index (χ4v) is 4.21. The van der Waals surface area contributed by atoms with E-state index in [0.29, 0.717) is 41.5 Å². The fraction of sp³-hybridized carbons (Fsp3) is 0.296. The summed E-state index contributed by atoms with van der Waals surface area (Å²) in [6.07, 6.45) is 3.87. The third-order valence-corrected chi connectivity index (χ3v) is 6.59. The van der Waals surface area contributed by atoms with Crippen LogP contribution in [0.2, 0.25) is 0 Å². The van der Waals surface area contributed by atoms with Crippen molar-refractivity contribution in [2.75, 3.05) is 32.6 Å². The molecule has 9 nitrogen and oxygen atoms in total. The van der Waals surface area contributed by atoms with Crippen LogP contribution in [0, 0.1) is 6.92 Å². The van der Waals surface area contributed by atoms with Gasteiger partial charge in [-0.2, -0.15) is 9.97 Å². The molecule has 0 aliphatic heterocycles. The Morgan fingerprint density at radius 2 is 2.00 bits per heavy atom. The number of nitrogens with one attached hydrogen (secondary N) is 1. The van der Waals surface area contributed by atoms with E-state index in [1.54, 1.807) is 31.3 Å². The van der Waals surface area contributed by atoms with Gasteiger partial charge in [-0.15, -0.1) is 0 Å². The van der Waals surface area contributed by atoms with Crippen LogP contribution in [0.5, 0.6) is 5.88 Å². The first kappa shape index (κ1) is 25.0. The smallest absolute Gasteiger partial charge is 0.258 e. The number of halogens is 1. The van der Waals surface area contributed by atoms with Crippen LogP contribution in [0.4, 0.5) is 5.82 Å². The number of pyridine rings is 2. The highest BCUT2D eigenvalue weighted by atomic mass is 79.9. The van der Waals surface area contributed by atoms with E-state index >= 15 is 0 Å². The van der Waals surface area contributed by atoms with Gasteiger partial charge in [0.2, 0.25) is 17.6 Å². The summed E-state index contributed by atoms with van der Waals surface area (Å²) in [4.78, 5) is 28.3. The second-order valence-corrected chi connectivity index (χ2v) is 10.1. The van der Waals surface area contributed by atoms with Crippen molar-refractivity contribution < 1.29 is 14.1 Å². The molecule has 5 rings (SSSR count). The predicted octanol–water partition coefficient (Wildman–Crippen LogP) is 5.33. The van der Waals surface area contributed by atoms with Crippen LogP contribution in [0.3, 0.4) is 0 Å². The minimum atomic E-state index is -0.293. The number of carbonyl (C=O) groups excluding carboxylic acids is 1. The van der Waals surface area contributed by atoms with Crippen LogP contribution >= 0.6 is 15.9 Å². The molecule has 1 saturated carbocycles. The van der Waals surface area contributed by atoms with Gasteiger partial charge in [0.25, 0.3) is 5.91 Å². The number of ether oxygens (including phenoxy) is 1. The summed E-state index contributed by atoms with van der Waals surface area (Å²) in [6, 6.07) is 13.3. The molecule has 190 valence electrons. The summed E-state index contributed by atoms with van der Waals surface area (Å²) in [5, 5.41) is 6.87. The van der Waals surface area contributed by atoms with Gasteiger partial charge in [-0.3, -0.25) is 9.78 Å². The van der Waals surface area contributed by atoms with Crippen molar-refractivity contribution in [3.05, 3.63) is 70.2 Å². The van der Waals surface area contributed by atoms with E-state index in [1.807, 2.05) is 37.2 Å². The first-order chi connectivity index (χ1) is 17.9. The molecule has 4 aromatic rings. The summed E-state index contributed by atoms with van der Waals surface area (Å²) in [7, 11) is 3.95. The monoisotopic (exact) mass is 562 g/mol. The average molecular weight is 563 g/mol. The van der Waals surface area contributed by atoms with Gasteiger partial charge in [0.1, 0.15) is 12.4 Å². The van der Waals surface area contributed by atoms with E-state index in [9.17, 15) is 4.79 Å². The fourth-order valence-electron chi connectivity index (χ4n) is 3.88. The third-order valence-electron chi connectivity index (χ3n) is 5.99. The van der Waals surface area contributed by atoms with Gasteiger partial charge >= 0.3 is 0 Å². The molecule has 3 heterocycles. The molecule has 37 heavy (non-hydrogen) atoms. The zero-order valence-electron chi connectivity index (χ0n) is 20.9. The number of aryl methyl sites for hydroxylation is 1. The van der Waals surface area contributed by atoms with E-state index in [2.05, 4.69) is 47.4 Å². The number of amides is 1. The number of aromatic nitrogens is 4. The molecular weight excluding hydrogens is 536 g/mol. The van der Waals surface area contributed by atoms with Gasteiger partial charge in [0.15, 0.2) is 0 Å². The van der Waals surface area contributed by atoms with Crippen LogP contribution in [0.25, 0.3) is 22.6 Å². The maximum absolute atomic E-state index is 12.9. The SMILES string of the molecule is Cc1nc(-c2ccc(-c3ccc(C(=O)Nc4ccc(Br)c(OCCN(C)C)n4)cn3)c(C3CC3)c2)no1. The van der Waals surface area contributed by atoms with Crippen LogP contribution in [0.1, 0.15) is 40.6 Å². The second-order valence-electron chi connectivity index (χ2n) is 9.23. The normalized spacial score (nSPS) is 13.1. The summed E-state index contributed by atoms with van der Waals surface area (Å²) in [6.45, 7) is 3.02. The molecule has 1 aliphatic carbocycles. The van der Waals surface area contributed by atoms with Crippen molar-refractivity contribution in [1.82, 2.24) is 25.0 Å². The Morgan fingerprint density at radius 1 is 1.16 bits per heavy atom. The third kappa shape index (κ3) is 6.03. The Bertz CT molecular complexity index is 1420. The van der Waals surface area contributed by atoms with E-state index in [0.717, 1.165) is 40.7 Å². The maximum Gasteiger partial charge on any atom is 0.258 e. The van der Waals surface area contributed by atoms with Crippen LogP contribution in [-0.4, -0.2) is 58.2 Å². The van der Waals surface area contributed by atoms with Crippen molar-refractivity contribution in [2.45, 2.75) is 25.7 Å². The predicted molar refractivity (Wildman–Crippen MR) is 144 cm³/mol. The highest BCUT2D eigenvalue weighted by Gasteiger charge is 2.27. The summed E-state index contributed by atoms with van der Waals surface area (Å²) < 4.78 is 11.6. The summed E-state index contributed by atoms with van der Waals surface area (Å²) >= 11 is 3.44. The molecule has 1 N–H and O–H groups in total. The lowest BCUT2D eigenvalue weighted by atomic mass is 9.97. The quantitative estimate of drug-likeness (QED) is 0.291. The van der Waals surface area contributed by atoms with E-state index in [1.165, 1.54) is 5.56 Å². The Hall–Kier alpha value is -3.63. The zero-order valence-corrected chi connectivity index (χ0v) is 22.4.